The molecule has 35 heavy (non-hydrogen) atoms. The second kappa shape index (κ2) is 24.3. The van der Waals surface area contributed by atoms with Gasteiger partial charge in [-0.1, -0.05) is 90.4 Å². The van der Waals surface area contributed by atoms with Gasteiger partial charge >= 0.3 is 14.6 Å². The second-order valence-electron chi connectivity index (χ2n) is 10.3. The molecule has 1 N–H and O–H groups in total. The topological polar surface area (TPSA) is 74.2 Å². The van der Waals surface area contributed by atoms with Gasteiger partial charge in [-0.05, 0) is 6.42 Å². The molecule has 0 aromatic heterocycles. The third kappa shape index (κ3) is 26.9. The predicted molar refractivity (Wildman–Crippen MR) is 146 cm³/mol. The fourth-order valence-electron chi connectivity index (χ4n) is 3.52. The lowest BCUT2D eigenvalue weighted by atomic mass is 10.0. The summed E-state index contributed by atoms with van der Waals surface area (Å²) in [6.45, 7) is 4.23. The Hall–Kier alpha value is -0.0100. The zero-order chi connectivity index (χ0) is 26.2. The lowest BCUT2D eigenvalue weighted by Gasteiger charge is -2.24. The highest BCUT2D eigenvalue weighted by molar-refractivity contribution is 7.40. The number of ether oxygens (including phenoxy) is 2. The average molecular weight is 543 g/mol. The standard InChI is InChI=1S/C26H54ClNO6P/c1-5-6-7-8-9-10-11-12-13-14-15-16-17-18-20-31-23-25(34-26(29)22-27)24-33-35(30)32-21-19-28(2,3)4/h25,30H,5-24H2,1-4H3/q+1. The highest BCUT2D eigenvalue weighted by Gasteiger charge is 2.19. The molecule has 0 radical (unpaired) electrons. The van der Waals surface area contributed by atoms with Gasteiger partial charge in [0.25, 0.3) is 0 Å². The van der Waals surface area contributed by atoms with Crippen molar-refractivity contribution in [3.8, 4) is 0 Å². The first kappa shape index (κ1) is 35.0. The Kier molecular flexibility index (Phi) is 24.3. The molecule has 0 saturated heterocycles. The van der Waals surface area contributed by atoms with Crippen molar-refractivity contribution in [3.05, 3.63) is 0 Å². The Balaban J connectivity index is 3.74. The molecule has 0 aliphatic heterocycles. The van der Waals surface area contributed by atoms with Crippen molar-refractivity contribution in [2.45, 2.75) is 103 Å². The van der Waals surface area contributed by atoms with Gasteiger partial charge in [-0.3, -0.25) is 4.79 Å². The Labute approximate surface area is 221 Å². The fraction of sp³-hybridized carbons (Fsp3) is 0.962. The van der Waals surface area contributed by atoms with Crippen molar-refractivity contribution in [1.29, 1.82) is 0 Å². The van der Waals surface area contributed by atoms with Crippen LogP contribution in [0, 0.1) is 0 Å². The van der Waals surface area contributed by atoms with Gasteiger partial charge in [0, 0.05) is 6.61 Å². The van der Waals surface area contributed by atoms with Gasteiger partial charge in [0.1, 0.15) is 25.1 Å². The number of nitrogens with zero attached hydrogens (tertiary/aromatic N) is 1. The molecule has 7 nitrogen and oxygen atoms in total. The first-order valence-electron chi connectivity index (χ1n) is 13.7. The lowest BCUT2D eigenvalue weighted by Crippen LogP contribution is -2.37. The van der Waals surface area contributed by atoms with Gasteiger partial charge in [-0.15, -0.1) is 11.6 Å². The maximum absolute atomic E-state index is 11.6. The Morgan fingerprint density at radius 1 is 0.800 bits per heavy atom. The molecule has 0 saturated carbocycles. The van der Waals surface area contributed by atoms with E-state index in [-0.39, 0.29) is 19.1 Å². The number of likely N-dealkylation sites (N-methyl/N-ethyl adjacent to an activating group) is 1. The van der Waals surface area contributed by atoms with Crippen LogP contribution in [0.2, 0.25) is 0 Å². The molecule has 0 spiro atoms. The van der Waals surface area contributed by atoms with E-state index in [1.165, 1.54) is 77.0 Å². The van der Waals surface area contributed by atoms with E-state index < -0.39 is 20.7 Å². The lowest BCUT2D eigenvalue weighted by molar-refractivity contribution is -0.870. The minimum Gasteiger partial charge on any atom is -0.457 e. The monoisotopic (exact) mass is 542 g/mol. The predicted octanol–water partition coefficient (Wildman–Crippen LogP) is 6.59. The van der Waals surface area contributed by atoms with Crippen LogP contribution in [0.5, 0.6) is 0 Å². The number of hydrogen-bond donors (Lipinski definition) is 1. The largest absolute Gasteiger partial charge is 0.457 e. The Morgan fingerprint density at radius 2 is 1.31 bits per heavy atom. The second-order valence-corrected chi connectivity index (χ2v) is 11.6. The van der Waals surface area contributed by atoms with Crippen LogP contribution in [0.15, 0.2) is 0 Å². The molecule has 0 rings (SSSR count). The summed E-state index contributed by atoms with van der Waals surface area (Å²) in [5.41, 5.74) is 0. The van der Waals surface area contributed by atoms with Crippen molar-refractivity contribution < 1.29 is 32.7 Å². The third-order valence-corrected chi connectivity index (χ3v) is 6.68. The molecule has 0 aromatic rings. The number of carbonyl (C=O) groups excluding carboxylic acids is 1. The summed E-state index contributed by atoms with van der Waals surface area (Å²) >= 11 is 5.54. The zero-order valence-electron chi connectivity index (χ0n) is 23.0. The number of rotatable bonds is 26. The SMILES string of the molecule is CCCCCCCCCCCCCCCCOCC(COP(O)OCC[N+](C)(C)C)OC(=O)CCl. The number of quaternary nitrogens is 1. The molecule has 210 valence electrons. The van der Waals surface area contributed by atoms with Crippen molar-refractivity contribution in [2.75, 3.05) is 60.0 Å². The third-order valence-electron chi connectivity index (χ3n) is 5.69. The molecule has 0 aromatic carbocycles. The quantitative estimate of drug-likeness (QED) is 0.0436. The number of alkyl halides is 1. The number of hydrogen-bond acceptors (Lipinski definition) is 6. The summed E-state index contributed by atoms with van der Waals surface area (Å²) < 4.78 is 22.3. The first-order chi connectivity index (χ1) is 16.8. The van der Waals surface area contributed by atoms with Crippen LogP contribution in [0.4, 0.5) is 0 Å². The Bertz CT molecular complexity index is 481. The number of carbonyl (C=O) groups is 1. The van der Waals surface area contributed by atoms with E-state index in [1.807, 2.05) is 21.1 Å². The summed E-state index contributed by atoms with van der Waals surface area (Å²) in [5, 5.41) is 0. The smallest absolute Gasteiger partial charge is 0.330 e. The summed E-state index contributed by atoms with van der Waals surface area (Å²) in [4.78, 5) is 21.5. The molecular formula is C26H54ClNO6P+. The molecule has 0 heterocycles. The van der Waals surface area contributed by atoms with Gasteiger partial charge in [-0.2, -0.15) is 0 Å². The molecule has 0 fully saturated rings. The highest BCUT2D eigenvalue weighted by Crippen LogP contribution is 2.32. The molecule has 0 aliphatic carbocycles. The van der Waals surface area contributed by atoms with Crippen LogP contribution in [0.3, 0.4) is 0 Å². The minimum atomic E-state index is -2.02. The van der Waals surface area contributed by atoms with Crippen molar-refractivity contribution in [1.82, 2.24) is 0 Å². The Morgan fingerprint density at radius 3 is 1.80 bits per heavy atom. The van der Waals surface area contributed by atoms with Crippen molar-refractivity contribution in [2.24, 2.45) is 0 Å². The maximum atomic E-state index is 11.6. The van der Waals surface area contributed by atoms with Gasteiger partial charge < -0.3 is 27.9 Å². The number of esters is 1. The van der Waals surface area contributed by atoms with Crippen LogP contribution in [0.1, 0.15) is 96.8 Å². The van der Waals surface area contributed by atoms with Gasteiger partial charge in [0.15, 0.2) is 0 Å². The normalized spacial score (nSPS) is 13.7. The molecule has 0 bridgehead atoms. The van der Waals surface area contributed by atoms with Crippen molar-refractivity contribution >= 4 is 26.2 Å². The highest BCUT2D eigenvalue weighted by atomic mass is 35.5. The van der Waals surface area contributed by atoms with E-state index in [0.29, 0.717) is 13.2 Å². The van der Waals surface area contributed by atoms with Crippen LogP contribution in [-0.4, -0.2) is 81.4 Å². The van der Waals surface area contributed by atoms with E-state index >= 15 is 0 Å². The minimum absolute atomic E-state index is 0.00788. The molecule has 0 amide bonds. The van der Waals surface area contributed by atoms with Gasteiger partial charge in [0.05, 0.1) is 34.4 Å². The molecular weight excluding hydrogens is 489 g/mol. The number of unbranched alkanes of at least 4 members (excludes halogenated alkanes) is 13. The molecule has 9 heteroatoms. The average Bonchev–Trinajstić information content (AvgIpc) is 2.81. The van der Waals surface area contributed by atoms with Crippen molar-refractivity contribution in [3.63, 3.8) is 0 Å². The molecule has 2 unspecified atom stereocenters. The number of halogens is 1. The zero-order valence-corrected chi connectivity index (χ0v) is 24.6. The van der Waals surface area contributed by atoms with Gasteiger partial charge in [0.2, 0.25) is 0 Å². The van der Waals surface area contributed by atoms with Crippen LogP contribution < -0.4 is 0 Å². The van der Waals surface area contributed by atoms with E-state index in [9.17, 15) is 9.69 Å². The molecule has 2 atom stereocenters. The maximum Gasteiger partial charge on any atom is 0.330 e. The van der Waals surface area contributed by atoms with Gasteiger partial charge in [-0.25, -0.2) is 0 Å². The van der Waals surface area contributed by atoms with E-state index in [0.717, 1.165) is 23.9 Å². The molecule has 0 aliphatic rings. The van der Waals surface area contributed by atoms with E-state index in [2.05, 4.69) is 6.92 Å². The summed E-state index contributed by atoms with van der Waals surface area (Å²) in [5.74, 6) is -0.767. The van der Waals surface area contributed by atoms with Crippen LogP contribution in [-0.2, 0) is 23.3 Å². The van der Waals surface area contributed by atoms with Crippen LogP contribution >= 0.6 is 20.2 Å². The van der Waals surface area contributed by atoms with E-state index in [4.69, 9.17) is 30.1 Å². The van der Waals surface area contributed by atoms with Crippen LogP contribution in [0.25, 0.3) is 0 Å². The fourth-order valence-corrected chi connectivity index (χ4v) is 4.19. The summed E-state index contributed by atoms with van der Waals surface area (Å²) in [6.07, 6.45) is 17.8. The summed E-state index contributed by atoms with van der Waals surface area (Å²) in [7, 11) is 4.10. The first-order valence-corrected chi connectivity index (χ1v) is 15.3. The van der Waals surface area contributed by atoms with E-state index in [1.54, 1.807) is 0 Å². The summed E-state index contributed by atoms with van der Waals surface area (Å²) in [6, 6.07) is 0.